The van der Waals surface area contributed by atoms with E-state index in [-0.39, 0.29) is 0 Å². The Labute approximate surface area is 112 Å². The van der Waals surface area contributed by atoms with Gasteiger partial charge in [0, 0.05) is 0 Å². The first kappa shape index (κ1) is 13.6. The monoisotopic (exact) mass is 262 g/mol. The van der Waals surface area contributed by atoms with E-state index in [2.05, 4.69) is 0 Å². The highest BCUT2D eigenvalue weighted by Gasteiger charge is 2.49. The number of carbonyl (C=O) groups is 2. The van der Waals surface area contributed by atoms with Crippen molar-refractivity contribution < 1.29 is 19.8 Å². The molecule has 1 aliphatic carbocycles. The van der Waals surface area contributed by atoms with Crippen molar-refractivity contribution in [2.75, 3.05) is 0 Å². The first-order chi connectivity index (χ1) is 9.05. The van der Waals surface area contributed by atoms with E-state index in [4.69, 9.17) is 0 Å². The minimum atomic E-state index is -1.31. The molecule has 0 amide bonds. The third-order valence-electron chi connectivity index (χ3n) is 4.10. The Morgan fingerprint density at radius 2 is 1.58 bits per heavy atom. The molecule has 0 atom stereocenters. The molecule has 1 aromatic rings. The van der Waals surface area contributed by atoms with Crippen LogP contribution in [0.2, 0.25) is 0 Å². The third kappa shape index (κ3) is 2.78. The molecule has 0 aromatic heterocycles. The molecule has 4 nitrogen and oxygen atoms in total. The lowest BCUT2D eigenvalue weighted by Crippen LogP contribution is -2.41. The van der Waals surface area contributed by atoms with E-state index >= 15 is 0 Å². The Bertz CT molecular complexity index is 446. The lowest BCUT2D eigenvalue weighted by atomic mass is 9.70. The Morgan fingerprint density at radius 3 is 2.05 bits per heavy atom. The third-order valence-corrected chi connectivity index (χ3v) is 4.10. The van der Waals surface area contributed by atoms with Crippen molar-refractivity contribution in [2.24, 2.45) is 11.3 Å². The van der Waals surface area contributed by atoms with Crippen LogP contribution < -0.4 is 0 Å². The molecule has 0 heterocycles. The number of hydrogen-bond acceptors (Lipinski definition) is 2. The molecule has 0 spiro atoms. The number of carboxylic acids is 2. The molecule has 1 aliphatic rings. The number of rotatable bonds is 5. The second-order valence-electron chi connectivity index (χ2n) is 5.34. The molecule has 2 rings (SSSR count). The molecular weight excluding hydrogens is 244 g/mol. The summed E-state index contributed by atoms with van der Waals surface area (Å²) in [6.07, 6.45) is 3.68. The van der Waals surface area contributed by atoms with Gasteiger partial charge in [0.1, 0.15) is 0 Å². The summed E-state index contributed by atoms with van der Waals surface area (Å²) in [5.41, 5.74) is 0.371. The van der Waals surface area contributed by atoms with Crippen LogP contribution in [-0.2, 0) is 16.0 Å². The van der Waals surface area contributed by atoms with Crippen LogP contribution in [0.4, 0.5) is 0 Å². The maximum absolute atomic E-state index is 11.3. The molecule has 0 radical (unpaired) electrons. The predicted molar refractivity (Wildman–Crippen MR) is 69.8 cm³/mol. The average Bonchev–Trinajstić information content (AvgIpc) is 2.78. The maximum atomic E-state index is 11.3. The fraction of sp³-hybridized carbons (Fsp3) is 0.467. The van der Waals surface area contributed by atoms with E-state index in [0.717, 1.165) is 18.4 Å². The van der Waals surface area contributed by atoms with Gasteiger partial charge in [-0.1, -0.05) is 43.2 Å². The van der Waals surface area contributed by atoms with Gasteiger partial charge in [0.05, 0.1) is 0 Å². The first-order valence-electron chi connectivity index (χ1n) is 6.55. The van der Waals surface area contributed by atoms with Gasteiger partial charge in [-0.25, -0.2) is 0 Å². The molecule has 1 fully saturated rings. The van der Waals surface area contributed by atoms with Gasteiger partial charge >= 0.3 is 11.9 Å². The number of hydrogen-bond donors (Lipinski definition) is 2. The van der Waals surface area contributed by atoms with Gasteiger partial charge in [0.15, 0.2) is 5.92 Å². The summed E-state index contributed by atoms with van der Waals surface area (Å²) in [6, 6.07) is 9.56. The summed E-state index contributed by atoms with van der Waals surface area (Å²) < 4.78 is 0. The number of benzene rings is 1. The molecule has 0 unspecified atom stereocenters. The van der Waals surface area contributed by atoms with Crippen molar-refractivity contribution in [3.63, 3.8) is 0 Å². The van der Waals surface area contributed by atoms with Gasteiger partial charge in [-0.3, -0.25) is 9.59 Å². The van der Waals surface area contributed by atoms with E-state index in [0.29, 0.717) is 19.3 Å². The Hall–Kier alpha value is -1.84. The molecule has 102 valence electrons. The van der Waals surface area contributed by atoms with E-state index in [1.165, 1.54) is 0 Å². The molecule has 0 bridgehead atoms. The lowest BCUT2D eigenvalue weighted by Gasteiger charge is -2.32. The summed E-state index contributed by atoms with van der Waals surface area (Å²) in [4.78, 5) is 22.7. The van der Waals surface area contributed by atoms with E-state index in [1.54, 1.807) is 0 Å². The predicted octanol–water partition coefficient (Wildman–Crippen LogP) is 2.57. The molecule has 2 N–H and O–H groups in total. The summed E-state index contributed by atoms with van der Waals surface area (Å²) in [7, 11) is 0. The Morgan fingerprint density at radius 1 is 1.05 bits per heavy atom. The number of carboxylic acid groups (broad SMARTS) is 2. The summed E-state index contributed by atoms with van der Waals surface area (Å²) in [6.45, 7) is 0. The Kier molecular flexibility index (Phi) is 3.88. The highest BCUT2D eigenvalue weighted by Crippen LogP contribution is 2.47. The van der Waals surface area contributed by atoms with Crippen LogP contribution in [0.1, 0.15) is 31.2 Å². The van der Waals surface area contributed by atoms with Gasteiger partial charge in [-0.2, -0.15) is 0 Å². The van der Waals surface area contributed by atoms with Crippen molar-refractivity contribution >= 4 is 11.9 Å². The normalized spacial score (nSPS) is 17.5. The van der Waals surface area contributed by atoms with Crippen molar-refractivity contribution in [2.45, 2.75) is 32.1 Å². The van der Waals surface area contributed by atoms with Gasteiger partial charge in [-0.15, -0.1) is 0 Å². The molecule has 0 aliphatic heterocycles. The minimum absolute atomic E-state index is 0.525. The van der Waals surface area contributed by atoms with E-state index in [9.17, 15) is 19.8 Å². The van der Waals surface area contributed by atoms with E-state index in [1.807, 2.05) is 30.3 Å². The van der Waals surface area contributed by atoms with Gasteiger partial charge in [-0.05, 0) is 30.2 Å². The van der Waals surface area contributed by atoms with Crippen molar-refractivity contribution in [3.05, 3.63) is 35.9 Å². The van der Waals surface area contributed by atoms with Crippen LogP contribution in [0.25, 0.3) is 0 Å². The van der Waals surface area contributed by atoms with Crippen molar-refractivity contribution in [3.8, 4) is 0 Å². The number of aliphatic carboxylic acids is 2. The molecule has 4 heteroatoms. The fourth-order valence-electron chi connectivity index (χ4n) is 3.28. The summed E-state index contributed by atoms with van der Waals surface area (Å²) in [5.74, 6) is -3.74. The van der Waals surface area contributed by atoms with Crippen LogP contribution in [0, 0.1) is 11.3 Å². The standard InChI is InChI=1S/C15H18O4/c16-13(17)12(14(18)19)15(8-4-5-9-15)10-11-6-2-1-3-7-11/h1-3,6-7,12H,4-5,8-10H2,(H,16,17)(H,18,19). The molecule has 1 aromatic carbocycles. The zero-order chi connectivity index (χ0) is 13.9. The SMILES string of the molecule is O=C(O)C(C(=O)O)C1(Cc2ccccc2)CCCC1. The maximum Gasteiger partial charge on any atom is 0.318 e. The second kappa shape index (κ2) is 5.43. The quantitative estimate of drug-likeness (QED) is 0.800. The van der Waals surface area contributed by atoms with E-state index < -0.39 is 23.3 Å². The zero-order valence-electron chi connectivity index (χ0n) is 10.7. The highest BCUT2D eigenvalue weighted by molar-refractivity contribution is 5.94. The summed E-state index contributed by atoms with van der Waals surface area (Å²) >= 11 is 0. The zero-order valence-corrected chi connectivity index (χ0v) is 10.7. The minimum Gasteiger partial charge on any atom is -0.481 e. The topological polar surface area (TPSA) is 74.6 Å². The highest BCUT2D eigenvalue weighted by atomic mass is 16.4. The molecule has 1 saturated carbocycles. The smallest absolute Gasteiger partial charge is 0.318 e. The lowest BCUT2D eigenvalue weighted by molar-refractivity contribution is -0.161. The van der Waals surface area contributed by atoms with Crippen LogP contribution in [0.15, 0.2) is 30.3 Å². The van der Waals surface area contributed by atoms with Crippen LogP contribution >= 0.6 is 0 Å². The van der Waals surface area contributed by atoms with Crippen LogP contribution in [-0.4, -0.2) is 22.2 Å². The van der Waals surface area contributed by atoms with Gasteiger partial charge in [0.2, 0.25) is 0 Å². The second-order valence-corrected chi connectivity index (χ2v) is 5.34. The van der Waals surface area contributed by atoms with Crippen LogP contribution in [0.5, 0.6) is 0 Å². The Balaban J connectivity index is 2.32. The first-order valence-corrected chi connectivity index (χ1v) is 6.55. The van der Waals surface area contributed by atoms with Crippen molar-refractivity contribution in [1.29, 1.82) is 0 Å². The largest absolute Gasteiger partial charge is 0.481 e. The van der Waals surface area contributed by atoms with Crippen molar-refractivity contribution in [1.82, 2.24) is 0 Å². The molecule has 19 heavy (non-hydrogen) atoms. The molecule has 0 saturated heterocycles. The average molecular weight is 262 g/mol. The van der Waals surface area contributed by atoms with Gasteiger partial charge in [0.25, 0.3) is 0 Å². The fourth-order valence-corrected chi connectivity index (χ4v) is 3.28. The van der Waals surface area contributed by atoms with Gasteiger partial charge < -0.3 is 10.2 Å². The summed E-state index contributed by atoms with van der Waals surface area (Å²) in [5, 5.41) is 18.5. The van der Waals surface area contributed by atoms with Crippen LogP contribution in [0.3, 0.4) is 0 Å². The molecular formula is C15H18O4.